The molecule has 0 aromatic rings. The van der Waals surface area contributed by atoms with E-state index in [0.29, 0.717) is 12.5 Å². The van der Waals surface area contributed by atoms with E-state index in [1.165, 1.54) is 0 Å². The van der Waals surface area contributed by atoms with Crippen LogP contribution in [0.2, 0.25) is 0 Å². The molecule has 2 unspecified atom stereocenters. The number of amides is 1. The lowest BCUT2D eigenvalue weighted by atomic mass is 9.90. The molecular formula is C13H26N2O2. The number of nitrogens with one attached hydrogen (secondary N) is 2. The summed E-state index contributed by atoms with van der Waals surface area (Å²) in [6.07, 6.45) is 4.70. The smallest absolute Gasteiger partial charge is 0.240 e. The van der Waals surface area contributed by atoms with Crippen molar-refractivity contribution in [2.24, 2.45) is 5.92 Å². The molecule has 1 aliphatic rings. The molecule has 0 radical (unpaired) electrons. The molecule has 0 aliphatic carbocycles. The summed E-state index contributed by atoms with van der Waals surface area (Å²) < 4.78 is 0. The van der Waals surface area contributed by atoms with Crippen LogP contribution in [0.5, 0.6) is 0 Å². The molecule has 2 atom stereocenters. The van der Waals surface area contributed by atoms with Gasteiger partial charge in [-0.1, -0.05) is 20.3 Å². The number of hydrogen-bond acceptors (Lipinski definition) is 3. The Kier molecular flexibility index (Phi) is 5.92. The summed E-state index contributed by atoms with van der Waals surface area (Å²) in [6, 6.07) is 0. The topological polar surface area (TPSA) is 61.4 Å². The first-order valence-corrected chi connectivity index (χ1v) is 6.79. The van der Waals surface area contributed by atoms with Gasteiger partial charge in [0.25, 0.3) is 0 Å². The minimum Gasteiger partial charge on any atom is -0.396 e. The van der Waals surface area contributed by atoms with E-state index in [1.807, 2.05) is 6.92 Å². The molecule has 1 saturated heterocycles. The highest BCUT2D eigenvalue weighted by atomic mass is 16.3. The summed E-state index contributed by atoms with van der Waals surface area (Å²) in [5, 5.41) is 15.2. The quantitative estimate of drug-likeness (QED) is 0.625. The summed E-state index contributed by atoms with van der Waals surface area (Å²) in [7, 11) is 0. The fourth-order valence-electron chi connectivity index (χ4n) is 2.51. The van der Waals surface area contributed by atoms with Crippen LogP contribution in [0.15, 0.2) is 0 Å². The molecule has 4 heteroatoms. The average Bonchev–Trinajstić information content (AvgIpc) is 2.77. The highest BCUT2D eigenvalue weighted by Gasteiger charge is 2.39. The minimum atomic E-state index is -0.326. The van der Waals surface area contributed by atoms with Crippen LogP contribution in [0.1, 0.15) is 46.0 Å². The Hall–Kier alpha value is -0.610. The van der Waals surface area contributed by atoms with E-state index in [-0.39, 0.29) is 18.1 Å². The van der Waals surface area contributed by atoms with Crippen molar-refractivity contribution >= 4 is 5.91 Å². The Morgan fingerprint density at radius 1 is 1.59 bits per heavy atom. The fraction of sp³-hybridized carbons (Fsp3) is 0.923. The molecule has 100 valence electrons. The molecule has 1 amide bonds. The van der Waals surface area contributed by atoms with Crippen LogP contribution in [-0.4, -0.2) is 36.2 Å². The lowest BCUT2D eigenvalue weighted by molar-refractivity contribution is -0.127. The molecule has 3 N–H and O–H groups in total. The first-order valence-electron chi connectivity index (χ1n) is 6.79. The van der Waals surface area contributed by atoms with Gasteiger partial charge in [0.2, 0.25) is 5.91 Å². The van der Waals surface area contributed by atoms with Gasteiger partial charge < -0.3 is 15.7 Å². The minimum absolute atomic E-state index is 0.140. The van der Waals surface area contributed by atoms with E-state index in [4.69, 9.17) is 5.11 Å². The predicted octanol–water partition coefficient (Wildman–Crippen LogP) is 1.04. The molecule has 1 aliphatic heterocycles. The third-order valence-electron chi connectivity index (χ3n) is 3.59. The van der Waals surface area contributed by atoms with Crippen molar-refractivity contribution in [1.29, 1.82) is 0 Å². The van der Waals surface area contributed by atoms with Crippen molar-refractivity contribution in [1.82, 2.24) is 10.6 Å². The normalized spacial score (nSPS) is 25.8. The van der Waals surface area contributed by atoms with Crippen LogP contribution >= 0.6 is 0 Å². The Balaban J connectivity index is 2.43. The zero-order valence-electron chi connectivity index (χ0n) is 11.1. The lowest BCUT2D eigenvalue weighted by Gasteiger charge is -2.28. The van der Waals surface area contributed by atoms with E-state index >= 15 is 0 Å². The van der Waals surface area contributed by atoms with Crippen LogP contribution in [-0.2, 0) is 4.79 Å². The second kappa shape index (κ2) is 6.97. The van der Waals surface area contributed by atoms with E-state index in [9.17, 15) is 4.79 Å². The average molecular weight is 242 g/mol. The number of hydrogen-bond donors (Lipinski definition) is 3. The molecular weight excluding hydrogens is 216 g/mol. The second-order valence-corrected chi connectivity index (χ2v) is 5.19. The molecule has 0 spiro atoms. The maximum atomic E-state index is 12.2. The van der Waals surface area contributed by atoms with Crippen LogP contribution in [0.3, 0.4) is 0 Å². The van der Waals surface area contributed by atoms with E-state index < -0.39 is 0 Å². The maximum absolute atomic E-state index is 12.2. The van der Waals surface area contributed by atoms with Gasteiger partial charge in [-0.2, -0.15) is 0 Å². The lowest BCUT2D eigenvalue weighted by Crippen LogP contribution is -2.54. The molecule has 1 fully saturated rings. The summed E-state index contributed by atoms with van der Waals surface area (Å²) in [5.74, 6) is 0.477. The zero-order valence-corrected chi connectivity index (χ0v) is 11.1. The summed E-state index contributed by atoms with van der Waals surface area (Å²) in [6.45, 7) is 5.95. The van der Waals surface area contributed by atoms with Crippen molar-refractivity contribution in [3.8, 4) is 0 Å². The highest BCUT2D eigenvalue weighted by Crippen LogP contribution is 2.24. The number of aliphatic hydroxyl groups is 1. The monoisotopic (exact) mass is 242 g/mol. The number of aliphatic hydroxyl groups excluding tert-OH is 1. The van der Waals surface area contributed by atoms with Crippen molar-refractivity contribution in [2.45, 2.75) is 51.5 Å². The first kappa shape index (κ1) is 14.5. The standard InChI is InChI=1S/C13H26N2O2/c1-3-6-13(7-4-8-15-13)12(17)14-10-11(2)5-9-16/h11,15-16H,3-10H2,1-2H3,(H,14,17). The zero-order chi connectivity index (χ0) is 12.7. The van der Waals surface area contributed by atoms with Crippen LogP contribution in [0.25, 0.3) is 0 Å². The Bertz CT molecular complexity index is 238. The summed E-state index contributed by atoms with van der Waals surface area (Å²) in [4.78, 5) is 12.2. The molecule has 1 rings (SSSR count). The highest BCUT2D eigenvalue weighted by molar-refractivity contribution is 5.86. The number of carbonyl (C=O) groups is 1. The van der Waals surface area contributed by atoms with Crippen molar-refractivity contribution in [2.75, 3.05) is 19.7 Å². The third kappa shape index (κ3) is 3.96. The van der Waals surface area contributed by atoms with Crippen LogP contribution in [0, 0.1) is 5.92 Å². The van der Waals surface area contributed by atoms with Crippen molar-refractivity contribution in [3.05, 3.63) is 0 Å². The first-order chi connectivity index (χ1) is 8.14. The van der Waals surface area contributed by atoms with Gasteiger partial charge in [-0.05, 0) is 38.1 Å². The third-order valence-corrected chi connectivity index (χ3v) is 3.59. The van der Waals surface area contributed by atoms with E-state index in [1.54, 1.807) is 0 Å². The van der Waals surface area contributed by atoms with Crippen molar-refractivity contribution in [3.63, 3.8) is 0 Å². The molecule has 4 nitrogen and oxygen atoms in total. The van der Waals surface area contributed by atoms with Gasteiger partial charge in [0.05, 0.1) is 5.54 Å². The van der Waals surface area contributed by atoms with E-state index in [0.717, 1.165) is 38.6 Å². The SMILES string of the molecule is CCCC1(C(=O)NCC(C)CCO)CCCN1. The van der Waals surface area contributed by atoms with Gasteiger partial charge in [0.1, 0.15) is 0 Å². The molecule has 0 aromatic heterocycles. The fourth-order valence-corrected chi connectivity index (χ4v) is 2.51. The van der Waals surface area contributed by atoms with Gasteiger partial charge in [-0.25, -0.2) is 0 Å². The van der Waals surface area contributed by atoms with Gasteiger partial charge in [0.15, 0.2) is 0 Å². The molecule has 0 bridgehead atoms. The van der Waals surface area contributed by atoms with Gasteiger partial charge >= 0.3 is 0 Å². The Labute approximate surface area is 104 Å². The molecule has 0 saturated carbocycles. The summed E-state index contributed by atoms with van der Waals surface area (Å²) in [5.41, 5.74) is -0.326. The molecule has 1 heterocycles. The van der Waals surface area contributed by atoms with Crippen molar-refractivity contribution < 1.29 is 9.90 Å². The van der Waals surface area contributed by atoms with Crippen LogP contribution in [0.4, 0.5) is 0 Å². The second-order valence-electron chi connectivity index (χ2n) is 5.19. The van der Waals surface area contributed by atoms with Gasteiger partial charge in [-0.15, -0.1) is 0 Å². The summed E-state index contributed by atoms with van der Waals surface area (Å²) >= 11 is 0. The Morgan fingerprint density at radius 3 is 2.88 bits per heavy atom. The van der Waals surface area contributed by atoms with Gasteiger partial charge in [-0.3, -0.25) is 4.79 Å². The maximum Gasteiger partial charge on any atom is 0.240 e. The largest absolute Gasteiger partial charge is 0.396 e. The number of rotatable bonds is 7. The van der Waals surface area contributed by atoms with Crippen LogP contribution < -0.4 is 10.6 Å². The molecule has 0 aromatic carbocycles. The van der Waals surface area contributed by atoms with Gasteiger partial charge in [0, 0.05) is 13.2 Å². The Morgan fingerprint density at radius 2 is 2.35 bits per heavy atom. The predicted molar refractivity (Wildman–Crippen MR) is 68.8 cm³/mol. The number of carbonyl (C=O) groups excluding carboxylic acids is 1. The van der Waals surface area contributed by atoms with E-state index in [2.05, 4.69) is 17.6 Å². The molecule has 17 heavy (non-hydrogen) atoms.